The number of aromatic nitrogens is 1. The van der Waals surface area contributed by atoms with Crippen molar-refractivity contribution < 1.29 is 9.53 Å². The van der Waals surface area contributed by atoms with E-state index in [1.165, 1.54) is 10.5 Å². The van der Waals surface area contributed by atoms with Crippen LogP contribution in [0.4, 0.5) is 10.8 Å². The van der Waals surface area contributed by atoms with Crippen molar-refractivity contribution in [1.29, 1.82) is 0 Å². The molecule has 7 heteroatoms. The van der Waals surface area contributed by atoms with Crippen LogP contribution >= 0.6 is 23.1 Å². The second kappa shape index (κ2) is 7.14. The Bertz CT molecular complexity index is 973. The number of thiazole rings is 1. The second-order valence-electron chi connectivity index (χ2n) is 6.69. The van der Waals surface area contributed by atoms with Gasteiger partial charge in [0, 0.05) is 23.7 Å². The lowest BCUT2D eigenvalue weighted by Crippen LogP contribution is -2.36. The lowest BCUT2D eigenvalue weighted by atomic mass is 10.1. The molecule has 0 bridgehead atoms. The number of morpholine rings is 1. The van der Waals surface area contributed by atoms with Crippen LogP contribution in [-0.2, 0) is 16.0 Å². The quantitative estimate of drug-likeness (QED) is 0.729. The Labute approximate surface area is 165 Å². The number of carbonyl (C=O) groups excluding carboxylic acids is 1. The summed E-state index contributed by atoms with van der Waals surface area (Å²) in [5.74, 6) is 0.0634. The number of fused-ring (bicyclic) bond motifs is 2. The van der Waals surface area contributed by atoms with Crippen molar-refractivity contribution in [2.24, 2.45) is 0 Å². The maximum Gasteiger partial charge on any atom is 0.238 e. The summed E-state index contributed by atoms with van der Waals surface area (Å²) in [5.41, 5.74) is 3.07. The van der Waals surface area contributed by atoms with Crippen LogP contribution in [0.5, 0.6) is 0 Å². The zero-order chi connectivity index (χ0) is 18.2. The lowest BCUT2D eigenvalue weighted by Gasteiger charge is -2.25. The van der Waals surface area contributed by atoms with Crippen molar-refractivity contribution in [2.75, 3.05) is 36.5 Å². The molecular weight excluding hydrogens is 378 g/mol. The summed E-state index contributed by atoms with van der Waals surface area (Å²) in [5, 5.41) is 4.05. The molecule has 27 heavy (non-hydrogen) atoms. The fraction of sp³-hybridized carbons (Fsp3) is 0.300. The molecule has 1 N–H and O–H groups in total. The first-order chi connectivity index (χ1) is 13.3. The Balaban J connectivity index is 1.31. The van der Waals surface area contributed by atoms with Gasteiger partial charge >= 0.3 is 0 Å². The summed E-state index contributed by atoms with van der Waals surface area (Å²) in [6, 6.07) is 14.2. The Morgan fingerprint density at radius 3 is 2.89 bits per heavy atom. The Hall–Kier alpha value is -2.09. The van der Waals surface area contributed by atoms with Crippen LogP contribution in [0.25, 0.3) is 10.2 Å². The second-order valence-corrected chi connectivity index (χ2v) is 8.94. The van der Waals surface area contributed by atoms with Crippen LogP contribution in [-0.4, -0.2) is 42.4 Å². The van der Waals surface area contributed by atoms with Gasteiger partial charge < -0.3 is 15.0 Å². The van der Waals surface area contributed by atoms with Crippen molar-refractivity contribution in [3.8, 4) is 0 Å². The molecule has 2 aliphatic rings. The number of nitrogens with zero attached hydrogens (tertiary/aromatic N) is 2. The molecule has 5 rings (SSSR count). The lowest BCUT2D eigenvalue weighted by molar-refractivity contribution is -0.115. The molecule has 1 atom stereocenters. The van der Waals surface area contributed by atoms with Crippen molar-refractivity contribution in [3.63, 3.8) is 0 Å². The van der Waals surface area contributed by atoms with E-state index >= 15 is 0 Å². The van der Waals surface area contributed by atoms with E-state index in [2.05, 4.69) is 22.3 Å². The molecular formula is C20H19N3O2S2. The van der Waals surface area contributed by atoms with Gasteiger partial charge in [-0.25, -0.2) is 4.98 Å². The highest BCUT2D eigenvalue weighted by Gasteiger charge is 2.28. The molecule has 3 aromatic rings. The van der Waals surface area contributed by atoms with Gasteiger partial charge in [-0.2, -0.15) is 0 Å². The van der Waals surface area contributed by atoms with Crippen molar-refractivity contribution in [2.45, 2.75) is 16.6 Å². The van der Waals surface area contributed by atoms with Crippen LogP contribution in [0.2, 0.25) is 0 Å². The number of amides is 1. The highest BCUT2D eigenvalue weighted by atomic mass is 32.2. The van der Waals surface area contributed by atoms with Crippen LogP contribution in [0, 0.1) is 0 Å². The van der Waals surface area contributed by atoms with E-state index in [1.54, 1.807) is 23.1 Å². The van der Waals surface area contributed by atoms with E-state index in [4.69, 9.17) is 9.72 Å². The molecule has 2 aliphatic heterocycles. The first-order valence-electron chi connectivity index (χ1n) is 9.05. The number of benzene rings is 2. The number of ether oxygens (including phenoxy) is 1. The molecule has 138 valence electrons. The Morgan fingerprint density at radius 1 is 1.19 bits per heavy atom. The number of rotatable bonds is 3. The van der Waals surface area contributed by atoms with Gasteiger partial charge in [0.05, 0.1) is 28.7 Å². The summed E-state index contributed by atoms with van der Waals surface area (Å²) in [6.45, 7) is 3.25. The number of thioether (sulfide) groups is 1. The maximum absolute atomic E-state index is 12.7. The zero-order valence-corrected chi connectivity index (χ0v) is 16.3. The summed E-state index contributed by atoms with van der Waals surface area (Å²) >= 11 is 3.32. The number of anilines is 2. The molecule has 0 aliphatic carbocycles. The van der Waals surface area contributed by atoms with Gasteiger partial charge in [0.25, 0.3) is 0 Å². The molecule has 1 saturated heterocycles. The van der Waals surface area contributed by atoms with Gasteiger partial charge in [-0.15, -0.1) is 11.8 Å². The van der Waals surface area contributed by atoms with Gasteiger partial charge in [-0.1, -0.05) is 29.5 Å². The minimum Gasteiger partial charge on any atom is -0.378 e. The molecule has 0 spiro atoms. The molecule has 0 radical (unpaired) electrons. The predicted molar refractivity (Wildman–Crippen MR) is 111 cm³/mol. The van der Waals surface area contributed by atoms with Gasteiger partial charge in [0.1, 0.15) is 0 Å². The molecule has 0 saturated carbocycles. The number of carbonyl (C=O) groups is 1. The summed E-state index contributed by atoms with van der Waals surface area (Å²) in [4.78, 5) is 20.9. The molecule has 1 amide bonds. The fourth-order valence-corrected chi connectivity index (χ4v) is 5.68. The average Bonchev–Trinajstić information content (AvgIpc) is 3.32. The number of hydrogen-bond acceptors (Lipinski definition) is 6. The minimum absolute atomic E-state index is 0.0634. The van der Waals surface area contributed by atoms with Crippen LogP contribution < -0.4 is 10.2 Å². The van der Waals surface area contributed by atoms with Gasteiger partial charge in [0.2, 0.25) is 5.91 Å². The largest absolute Gasteiger partial charge is 0.378 e. The third-order valence-electron chi connectivity index (χ3n) is 4.87. The number of nitrogens with one attached hydrogen (secondary N) is 1. The summed E-state index contributed by atoms with van der Waals surface area (Å²) in [6.07, 6.45) is 0.788. The van der Waals surface area contributed by atoms with Crippen molar-refractivity contribution in [1.82, 2.24) is 4.98 Å². The summed E-state index contributed by atoms with van der Waals surface area (Å²) < 4.78 is 6.51. The van der Waals surface area contributed by atoms with Crippen LogP contribution in [0.3, 0.4) is 0 Å². The Kier molecular flexibility index (Phi) is 4.51. The third-order valence-corrected chi connectivity index (χ3v) is 7.26. The van der Waals surface area contributed by atoms with Crippen molar-refractivity contribution >= 4 is 50.0 Å². The SMILES string of the molecule is O=C(Nc1ccc2nc(N3CCOCC3)sc2c1)C1Cc2ccccc2S1. The monoisotopic (exact) mass is 397 g/mol. The van der Waals surface area contributed by atoms with E-state index in [1.807, 2.05) is 30.3 Å². The third kappa shape index (κ3) is 3.42. The van der Waals surface area contributed by atoms with Crippen molar-refractivity contribution in [3.05, 3.63) is 48.0 Å². The smallest absolute Gasteiger partial charge is 0.238 e. The van der Waals surface area contributed by atoms with Gasteiger partial charge in [-0.05, 0) is 36.2 Å². The standard InChI is InChI=1S/C20H19N3O2S2/c24-19(18-11-13-3-1-2-4-16(13)26-18)21-14-5-6-15-17(12-14)27-20(22-15)23-7-9-25-10-8-23/h1-6,12,18H,7-11H2,(H,21,24). The van der Waals surface area contributed by atoms with Gasteiger partial charge in [0.15, 0.2) is 5.13 Å². The van der Waals surface area contributed by atoms with E-state index in [9.17, 15) is 4.79 Å². The Morgan fingerprint density at radius 2 is 2.04 bits per heavy atom. The average molecular weight is 398 g/mol. The number of hydrogen-bond donors (Lipinski definition) is 1. The first kappa shape index (κ1) is 17.0. The van der Waals surface area contributed by atoms with E-state index in [-0.39, 0.29) is 11.2 Å². The normalized spacial score (nSPS) is 19.3. The minimum atomic E-state index is -0.0662. The molecule has 5 nitrogen and oxygen atoms in total. The summed E-state index contributed by atoms with van der Waals surface area (Å²) in [7, 11) is 0. The van der Waals surface area contributed by atoms with Crippen LogP contribution in [0.15, 0.2) is 47.4 Å². The first-order valence-corrected chi connectivity index (χ1v) is 10.7. The molecule has 1 aromatic heterocycles. The van der Waals surface area contributed by atoms with Crippen LogP contribution in [0.1, 0.15) is 5.56 Å². The molecule has 1 fully saturated rings. The van der Waals surface area contributed by atoms with E-state index in [0.29, 0.717) is 0 Å². The fourth-order valence-electron chi connectivity index (χ4n) is 3.43. The van der Waals surface area contributed by atoms with E-state index < -0.39 is 0 Å². The molecule has 2 aromatic carbocycles. The highest BCUT2D eigenvalue weighted by molar-refractivity contribution is 8.01. The highest BCUT2D eigenvalue weighted by Crippen LogP contribution is 2.37. The molecule has 3 heterocycles. The maximum atomic E-state index is 12.7. The van der Waals surface area contributed by atoms with Gasteiger partial charge in [-0.3, -0.25) is 4.79 Å². The topological polar surface area (TPSA) is 54.5 Å². The zero-order valence-electron chi connectivity index (χ0n) is 14.7. The van der Waals surface area contributed by atoms with E-state index in [0.717, 1.165) is 53.8 Å². The molecule has 1 unspecified atom stereocenters. The predicted octanol–water partition coefficient (Wildman–Crippen LogP) is 3.79.